The Hall–Kier alpha value is -0.570. The Morgan fingerprint density at radius 3 is 2.50 bits per heavy atom. The second-order valence-corrected chi connectivity index (χ2v) is 3.53. The van der Waals surface area contributed by atoms with Gasteiger partial charge in [0.1, 0.15) is 12.7 Å². The van der Waals surface area contributed by atoms with E-state index in [4.69, 9.17) is 9.84 Å². The first-order chi connectivity index (χ1) is 5.72. The smallest absolute Gasteiger partial charge is 0.332 e. The summed E-state index contributed by atoms with van der Waals surface area (Å²) >= 11 is 0. The zero-order valence-corrected chi connectivity index (χ0v) is 7.45. The van der Waals surface area contributed by atoms with Crippen molar-refractivity contribution in [3.63, 3.8) is 0 Å². The lowest BCUT2D eigenvalue weighted by molar-refractivity contribution is -0.154. The molecule has 0 spiro atoms. The van der Waals surface area contributed by atoms with E-state index in [0.29, 0.717) is 0 Å². The number of aliphatic hydroxyl groups is 1. The highest BCUT2D eigenvalue weighted by Crippen LogP contribution is 2.25. The monoisotopic (exact) mass is 172 g/mol. The lowest BCUT2D eigenvalue weighted by Crippen LogP contribution is -2.24. The molecule has 3 nitrogen and oxygen atoms in total. The molecular formula is C9H16O3. The molecule has 0 aromatic carbocycles. The summed E-state index contributed by atoms with van der Waals surface area (Å²) < 4.78 is 5.00. The van der Waals surface area contributed by atoms with Crippen molar-refractivity contribution in [2.24, 2.45) is 5.92 Å². The Morgan fingerprint density at radius 1 is 1.42 bits per heavy atom. The van der Waals surface area contributed by atoms with Crippen molar-refractivity contribution < 1.29 is 14.6 Å². The summed E-state index contributed by atoms with van der Waals surface area (Å²) in [6.45, 7) is 1.72. The highest BCUT2D eigenvalue weighted by molar-refractivity contribution is 5.70. The number of hydrogen-bond donors (Lipinski definition) is 1. The minimum Gasteiger partial charge on any atom is -0.461 e. The molecule has 0 heterocycles. The molecule has 0 atom stereocenters. The molecule has 0 saturated heterocycles. The van der Waals surface area contributed by atoms with Crippen LogP contribution < -0.4 is 0 Å². The van der Waals surface area contributed by atoms with Crippen LogP contribution in [0.3, 0.4) is 0 Å². The second kappa shape index (κ2) is 4.45. The summed E-state index contributed by atoms with van der Waals surface area (Å²) in [6, 6.07) is 0. The normalized spacial score (nSPS) is 29.8. The predicted molar refractivity (Wildman–Crippen MR) is 44.6 cm³/mol. The number of ether oxygens (including phenoxy) is 1. The third kappa shape index (κ3) is 2.81. The summed E-state index contributed by atoms with van der Waals surface area (Å²) in [7, 11) is 0. The second-order valence-electron chi connectivity index (χ2n) is 3.53. The fraction of sp³-hybridized carbons (Fsp3) is 0.889. The molecule has 1 rings (SSSR count). The molecule has 0 radical (unpaired) electrons. The average Bonchev–Trinajstić information content (AvgIpc) is 2.09. The summed E-state index contributed by atoms with van der Waals surface area (Å²) in [4.78, 5) is 10.7. The van der Waals surface area contributed by atoms with Gasteiger partial charge in [-0.15, -0.1) is 0 Å². The van der Waals surface area contributed by atoms with Crippen LogP contribution >= 0.6 is 0 Å². The van der Waals surface area contributed by atoms with Gasteiger partial charge in [-0.1, -0.05) is 6.92 Å². The number of aliphatic hydroxyl groups excluding tert-OH is 1. The van der Waals surface area contributed by atoms with Crippen LogP contribution in [0.5, 0.6) is 0 Å². The number of esters is 1. The van der Waals surface area contributed by atoms with Gasteiger partial charge in [0.15, 0.2) is 0 Å². The van der Waals surface area contributed by atoms with E-state index in [0.717, 1.165) is 31.6 Å². The molecule has 0 bridgehead atoms. The highest BCUT2D eigenvalue weighted by atomic mass is 16.6. The molecule has 70 valence electrons. The van der Waals surface area contributed by atoms with Crippen molar-refractivity contribution in [3.8, 4) is 0 Å². The van der Waals surface area contributed by atoms with E-state index >= 15 is 0 Å². The van der Waals surface area contributed by atoms with E-state index in [1.807, 2.05) is 0 Å². The third-order valence-electron chi connectivity index (χ3n) is 2.39. The first kappa shape index (κ1) is 9.52. The molecule has 12 heavy (non-hydrogen) atoms. The average molecular weight is 172 g/mol. The van der Waals surface area contributed by atoms with Gasteiger partial charge < -0.3 is 9.84 Å². The predicted octanol–water partition coefficient (Wildman–Crippen LogP) is 1.10. The summed E-state index contributed by atoms with van der Waals surface area (Å²) in [6.07, 6.45) is 4.22. The van der Waals surface area contributed by atoms with Gasteiger partial charge in [-0.3, -0.25) is 0 Å². The van der Waals surface area contributed by atoms with Crippen LogP contribution in [0, 0.1) is 5.92 Å². The molecule has 0 aliphatic heterocycles. The van der Waals surface area contributed by atoms with Gasteiger partial charge in [0.05, 0.1) is 0 Å². The van der Waals surface area contributed by atoms with Gasteiger partial charge in [0, 0.05) is 0 Å². The van der Waals surface area contributed by atoms with E-state index in [1.54, 1.807) is 0 Å². The van der Waals surface area contributed by atoms with Gasteiger partial charge >= 0.3 is 5.97 Å². The lowest BCUT2D eigenvalue weighted by Gasteiger charge is -2.25. The van der Waals surface area contributed by atoms with Crippen LogP contribution in [-0.2, 0) is 9.53 Å². The van der Waals surface area contributed by atoms with Crippen LogP contribution in [0.25, 0.3) is 0 Å². The number of carbonyl (C=O) groups excluding carboxylic acids is 1. The van der Waals surface area contributed by atoms with Crippen molar-refractivity contribution in [2.45, 2.75) is 38.7 Å². The maximum atomic E-state index is 10.7. The summed E-state index contributed by atoms with van der Waals surface area (Å²) in [5, 5.41) is 8.44. The first-order valence-corrected chi connectivity index (χ1v) is 4.52. The standard InChI is InChI=1S/C9H16O3/c1-7-2-4-8(5-3-7)12-9(11)6-10/h7-8,10H,2-6H2,1H3. The quantitative estimate of drug-likeness (QED) is 0.634. The SMILES string of the molecule is CC1CCC(OC(=O)CO)CC1. The molecule has 0 aromatic rings. The van der Waals surface area contributed by atoms with Crippen LogP contribution in [0.15, 0.2) is 0 Å². The molecule has 1 fully saturated rings. The first-order valence-electron chi connectivity index (χ1n) is 4.52. The Bertz CT molecular complexity index is 148. The molecule has 3 heteroatoms. The molecular weight excluding hydrogens is 156 g/mol. The van der Waals surface area contributed by atoms with E-state index in [2.05, 4.69) is 6.92 Å². The van der Waals surface area contributed by atoms with Gasteiger partial charge in [-0.25, -0.2) is 4.79 Å². The molecule has 0 aromatic heterocycles. The number of carbonyl (C=O) groups is 1. The van der Waals surface area contributed by atoms with E-state index in [1.165, 1.54) is 0 Å². The van der Waals surface area contributed by atoms with Gasteiger partial charge in [0.2, 0.25) is 0 Å². The van der Waals surface area contributed by atoms with Gasteiger partial charge in [-0.2, -0.15) is 0 Å². The topological polar surface area (TPSA) is 46.5 Å². The molecule has 1 aliphatic rings. The van der Waals surface area contributed by atoms with E-state index < -0.39 is 12.6 Å². The zero-order chi connectivity index (χ0) is 8.97. The molecule has 0 amide bonds. The minimum atomic E-state index is -0.494. The summed E-state index contributed by atoms with van der Waals surface area (Å²) in [5.74, 6) is 0.267. The van der Waals surface area contributed by atoms with Crippen molar-refractivity contribution in [2.75, 3.05) is 6.61 Å². The Morgan fingerprint density at radius 2 is 2.00 bits per heavy atom. The maximum Gasteiger partial charge on any atom is 0.332 e. The van der Waals surface area contributed by atoms with Crippen LogP contribution in [0.1, 0.15) is 32.6 Å². The Balaban J connectivity index is 2.21. The number of hydrogen-bond acceptors (Lipinski definition) is 3. The fourth-order valence-corrected chi connectivity index (χ4v) is 1.57. The van der Waals surface area contributed by atoms with Gasteiger partial charge in [0.25, 0.3) is 0 Å². The van der Waals surface area contributed by atoms with E-state index in [-0.39, 0.29) is 6.10 Å². The lowest BCUT2D eigenvalue weighted by atomic mass is 9.89. The van der Waals surface area contributed by atoms with Crippen LogP contribution in [0.4, 0.5) is 0 Å². The van der Waals surface area contributed by atoms with Crippen molar-refractivity contribution in [3.05, 3.63) is 0 Å². The van der Waals surface area contributed by atoms with Crippen molar-refractivity contribution in [1.29, 1.82) is 0 Å². The third-order valence-corrected chi connectivity index (χ3v) is 2.39. The molecule has 1 saturated carbocycles. The van der Waals surface area contributed by atoms with Crippen LogP contribution in [0.2, 0.25) is 0 Å². The van der Waals surface area contributed by atoms with Crippen molar-refractivity contribution in [1.82, 2.24) is 0 Å². The zero-order valence-electron chi connectivity index (χ0n) is 7.45. The maximum absolute atomic E-state index is 10.7. The Labute approximate surface area is 72.7 Å². The Kier molecular flexibility index (Phi) is 3.53. The highest BCUT2D eigenvalue weighted by Gasteiger charge is 2.20. The molecule has 1 aliphatic carbocycles. The molecule has 1 N–H and O–H groups in total. The van der Waals surface area contributed by atoms with E-state index in [9.17, 15) is 4.79 Å². The largest absolute Gasteiger partial charge is 0.461 e. The number of rotatable bonds is 2. The van der Waals surface area contributed by atoms with Crippen molar-refractivity contribution >= 4 is 5.97 Å². The fourth-order valence-electron chi connectivity index (χ4n) is 1.57. The summed E-state index contributed by atoms with van der Waals surface area (Å²) in [5.41, 5.74) is 0. The van der Waals surface area contributed by atoms with Gasteiger partial charge in [-0.05, 0) is 31.6 Å². The minimum absolute atomic E-state index is 0.0563. The van der Waals surface area contributed by atoms with Crippen LogP contribution in [-0.4, -0.2) is 23.8 Å². The molecule has 0 unspecified atom stereocenters.